The number of nitrogens with zero attached hydrogens (tertiary/aromatic N) is 3. The second-order valence-corrected chi connectivity index (χ2v) is 7.33. The number of nitrogens with one attached hydrogen (secondary N) is 1. The predicted octanol–water partition coefficient (Wildman–Crippen LogP) is 2.89. The second-order valence-electron chi connectivity index (χ2n) is 5.41. The summed E-state index contributed by atoms with van der Waals surface area (Å²) in [6, 6.07) is 9.07. The molecule has 0 saturated heterocycles. The number of anilines is 3. The van der Waals surface area contributed by atoms with Gasteiger partial charge in [0.15, 0.2) is 10.3 Å². The molecule has 0 saturated carbocycles. The molecule has 8 nitrogen and oxygen atoms in total. The topological polar surface area (TPSA) is 129 Å². The molecule has 3 aromatic rings. The number of nitrogen functional groups attached to an aromatic ring is 2. The van der Waals surface area contributed by atoms with Gasteiger partial charge in [0.1, 0.15) is 17.4 Å². The number of hydrogen-bond donors (Lipinski definition) is 3. The summed E-state index contributed by atoms with van der Waals surface area (Å²) in [6.45, 7) is 0. The minimum atomic E-state index is -0.130. The van der Waals surface area contributed by atoms with Crippen molar-refractivity contribution in [3.63, 3.8) is 0 Å². The van der Waals surface area contributed by atoms with Crippen LogP contribution in [0.2, 0.25) is 0 Å². The maximum atomic E-state index is 12.1. The zero-order chi connectivity index (χ0) is 19.2. The SMILES string of the molecule is COc1ccc(-c2csc(NC(=O)CCSc3nc(N)cc(N)n3)n2)cc1. The average Bonchev–Trinajstić information content (AvgIpc) is 3.09. The fourth-order valence-electron chi connectivity index (χ4n) is 2.17. The van der Waals surface area contributed by atoms with Gasteiger partial charge >= 0.3 is 0 Å². The summed E-state index contributed by atoms with van der Waals surface area (Å²) in [5, 5.41) is 5.71. The van der Waals surface area contributed by atoms with E-state index in [4.69, 9.17) is 16.2 Å². The third-order valence-corrected chi connectivity index (χ3v) is 5.05. The zero-order valence-corrected chi connectivity index (χ0v) is 16.1. The van der Waals surface area contributed by atoms with Crippen LogP contribution in [-0.4, -0.2) is 33.7 Å². The summed E-state index contributed by atoms with van der Waals surface area (Å²) in [5.41, 5.74) is 13.0. The number of rotatable bonds is 7. The van der Waals surface area contributed by atoms with Crippen LogP contribution in [0.4, 0.5) is 16.8 Å². The van der Waals surface area contributed by atoms with Gasteiger partial charge in [0, 0.05) is 29.2 Å². The molecule has 0 spiro atoms. The van der Waals surface area contributed by atoms with Crippen LogP contribution < -0.4 is 21.5 Å². The molecule has 27 heavy (non-hydrogen) atoms. The standard InChI is InChI=1S/C17H18N6O2S2/c1-25-11-4-2-10(3-5-11)12-9-27-16(20-12)23-15(24)6-7-26-17-21-13(18)8-14(19)22-17/h2-5,8-9H,6-7H2,1H3,(H,20,23,24)(H4,18,19,21,22). The Bertz CT molecular complexity index is 909. The summed E-state index contributed by atoms with van der Waals surface area (Å²) >= 11 is 2.70. The van der Waals surface area contributed by atoms with E-state index in [9.17, 15) is 4.79 Å². The fourth-order valence-corrected chi connectivity index (χ4v) is 3.71. The van der Waals surface area contributed by atoms with E-state index < -0.39 is 0 Å². The Hall–Kier alpha value is -2.85. The number of nitrogens with two attached hydrogens (primary N) is 2. The van der Waals surface area contributed by atoms with E-state index in [0.717, 1.165) is 17.0 Å². The number of amides is 1. The molecule has 0 fully saturated rings. The lowest BCUT2D eigenvalue weighted by molar-refractivity contribution is -0.115. The molecule has 0 aliphatic rings. The van der Waals surface area contributed by atoms with Crippen LogP contribution in [0.3, 0.4) is 0 Å². The number of carbonyl (C=O) groups is 1. The molecule has 2 aromatic heterocycles. The van der Waals surface area contributed by atoms with E-state index in [1.54, 1.807) is 7.11 Å². The van der Waals surface area contributed by atoms with E-state index >= 15 is 0 Å². The third kappa shape index (κ3) is 5.31. The minimum Gasteiger partial charge on any atom is -0.497 e. The van der Waals surface area contributed by atoms with Crippen LogP contribution in [0.5, 0.6) is 5.75 Å². The number of aromatic nitrogens is 3. The number of ether oxygens (including phenoxy) is 1. The maximum Gasteiger partial charge on any atom is 0.226 e. The number of benzene rings is 1. The first-order valence-corrected chi connectivity index (χ1v) is 9.82. The van der Waals surface area contributed by atoms with Gasteiger partial charge in [-0.25, -0.2) is 15.0 Å². The lowest BCUT2D eigenvalue weighted by Gasteiger charge is -2.03. The highest BCUT2D eigenvalue weighted by molar-refractivity contribution is 7.99. The number of methoxy groups -OCH3 is 1. The summed E-state index contributed by atoms with van der Waals surface area (Å²) in [7, 11) is 1.62. The van der Waals surface area contributed by atoms with Gasteiger partial charge in [-0.2, -0.15) is 0 Å². The van der Waals surface area contributed by atoms with Gasteiger partial charge in [0.05, 0.1) is 12.8 Å². The van der Waals surface area contributed by atoms with Gasteiger partial charge in [0.2, 0.25) is 5.91 Å². The molecule has 5 N–H and O–H groups in total. The van der Waals surface area contributed by atoms with Crippen molar-refractivity contribution in [1.29, 1.82) is 0 Å². The first-order valence-electron chi connectivity index (χ1n) is 7.96. The first kappa shape index (κ1) is 18.9. The Morgan fingerprint density at radius 1 is 1.19 bits per heavy atom. The molecule has 3 rings (SSSR count). The fraction of sp³-hybridized carbons (Fsp3) is 0.176. The summed E-state index contributed by atoms with van der Waals surface area (Å²) in [5.74, 6) is 1.78. The van der Waals surface area contributed by atoms with Crippen LogP contribution in [0.15, 0.2) is 40.9 Å². The monoisotopic (exact) mass is 402 g/mol. The van der Waals surface area contributed by atoms with E-state index in [2.05, 4.69) is 20.3 Å². The molecule has 0 bridgehead atoms. The van der Waals surface area contributed by atoms with Crippen LogP contribution in [0.25, 0.3) is 11.3 Å². The van der Waals surface area contributed by atoms with Gasteiger partial charge in [-0.1, -0.05) is 11.8 Å². The van der Waals surface area contributed by atoms with Crippen molar-refractivity contribution in [1.82, 2.24) is 15.0 Å². The highest BCUT2D eigenvalue weighted by atomic mass is 32.2. The van der Waals surface area contributed by atoms with E-state index in [-0.39, 0.29) is 5.91 Å². The lowest BCUT2D eigenvalue weighted by atomic mass is 10.2. The highest BCUT2D eigenvalue weighted by Crippen LogP contribution is 2.26. The van der Waals surface area contributed by atoms with Crippen molar-refractivity contribution in [2.24, 2.45) is 0 Å². The molecule has 10 heteroatoms. The first-order chi connectivity index (χ1) is 13.0. The van der Waals surface area contributed by atoms with E-state index in [0.29, 0.717) is 34.1 Å². The van der Waals surface area contributed by atoms with Crippen molar-refractivity contribution >= 4 is 45.8 Å². The minimum absolute atomic E-state index is 0.130. The zero-order valence-electron chi connectivity index (χ0n) is 14.5. The summed E-state index contributed by atoms with van der Waals surface area (Å²) in [4.78, 5) is 24.7. The largest absolute Gasteiger partial charge is 0.497 e. The van der Waals surface area contributed by atoms with Gasteiger partial charge in [-0.05, 0) is 24.3 Å². The van der Waals surface area contributed by atoms with Crippen LogP contribution in [0.1, 0.15) is 6.42 Å². The molecule has 0 aliphatic heterocycles. The van der Waals surface area contributed by atoms with Crippen molar-refractivity contribution in [2.45, 2.75) is 11.6 Å². The predicted molar refractivity (Wildman–Crippen MR) is 109 cm³/mol. The maximum absolute atomic E-state index is 12.1. The van der Waals surface area contributed by atoms with Gasteiger partial charge in [-0.15, -0.1) is 11.3 Å². The third-order valence-electron chi connectivity index (χ3n) is 3.44. The van der Waals surface area contributed by atoms with Crippen molar-refractivity contribution in [3.8, 4) is 17.0 Å². The molecular formula is C17H18N6O2S2. The molecule has 1 aromatic carbocycles. The highest BCUT2D eigenvalue weighted by Gasteiger charge is 2.09. The van der Waals surface area contributed by atoms with Crippen molar-refractivity contribution < 1.29 is 9.53 Å². The lowest BCUT2D eigenvalue weighted by Crippen LogP contribution is -2.12. The Balaban J connectivity index is 1.51. The summed E-state index contributed by atoms with van der Waals surface area (Å²) in [6.07, 6.45) is 0.292. The van der Waals surface area contributed by atoms with Crippen LogP contribution >= 0.6 is 23.1 Å². The Kier molecular flexibility index (Phi) is 6.09. The van der Waals surface area contributed by atoms with Crippen LogP contribution in [-0.2, 0) is 4.79 Å². The molecule has 2 heterocycles. The smallest absolute Gasteiger partial charge is 0.226 e. The number of carbonyl (C=O) groups excluding carboxylic acids is 1. The van der Waals surface area contributed by atoms with E-state index in [1.165, 1.54) is 29.2 Å². The molecule has 140 valence electrons. The Labute approximate surface area is 164 Å². The molecule has 0 aliphatic carbocycles. The second kappa shape index (κ2) is 8.69. The number of hydrogen-bond acceptors (Lipinski definition) is 9. The van der Waals surface area contributed by atoms with E-state index in [1.807, 2.05) is 29.6 Å². The number of thioether (sulfide) groups is 1. The normalized spacial score (nSPS) is 10.6. The van der Waals surface area contributed by atoms with Crippen LogP contribution in [0, 0.1) is 0 Å². The molecule has 1 amide bonds. The Morgan fingerprint density at radius 2 is 1.89 bits per heavy atom. The van der Waals surface area contributed by atoms with Gasteiger partial charge in [0.25, 0.3) is 0 Å². The number of thiazole rings is 1. The molecule has 0 radical (unpaired) electrons. The summed E-state index contributed by atoms with van der Waals surface area (Å²) < 4.78 is 5.15. The van der Waals surface area contributed by atoms with Crippen molar-refractivity contribution in [3.05, 3.63) is 35.7 Å². The molecule has 0 atom stereocenters. The van der Waals surface area contributed by atoms with Gasteiger partial charge < -0.3 is 21.5 Å². The quantitative estimate of drug-likeness (QED) is 0.406. The molecular weight excluding hydrogens is 384 g/mol. The average molecular weight is 403 g/mol. The van der Waals surface area contributed by atoms with Crippen molar-refractivity contribution in [2.75, 3.05) is 29.6 Å². The van der Waals surface area contributed by atoms with Gasteiger partial charge in [-0.3, -0.25) is 4.79 Å². The molecule has 0 unspecified atom stereocenters. The Morgan fingerprint density at radius 3 is 2.56 bits per heavy atom.